The van der Waals surface area contributed by atoms with Gasteiger partial charge in [-0.15, -0.1) is 19.1 Å². The number of hydrogen-bond acceptors (Lipinski definition) is 4. The van der Waals surface area contributed by atoms with Gasteiger partial charge in [0.25, 0.3) is 0 Å². The van der Waals surface area contributed by atoms with Crippen LogP contribution in [0.4, 0.5) is 24.5 Å². The molecule has 2 aromatic rings. The molecule has 166 valence electrons. The lowest BCUT2D eigenvalue weighted by Gasteiger charge is -2.27. The van der Waals surface area contributed by atoms with E-state index >= 15 is 0 Å². The Morgan fingerprint density at radius 1 is 1.16 bits per heavy atom. The molecule has 0 fully saturated rings. The summed E-state index contributed by atoms with van der Waals surface area (Å²) in [6, 6.07) is 7.48. The van der Waals surface area contributed by atoms with E-state index in [9.17, 15) is 13.2 Å². The van der Waals surface area contributed by atoms with Gasteiger partial charge in [0.15, 0.2) is 0 Å². The van der Waals surface area contributed by atoms with Crippen molar-refractivity contribution in [1.82, 2.24) is 0 Å². The van der Waals surface area contributed by atoms with Crippen LogP contribution in [0.25, 0.3) is 16.9 Å². The van der Waals surface area contributed by atoms with E-state index in [-0.39, 0.29) is 5.75 Å². The number of nitrogens with zero attached hydrogens (tertiary/aromatic N) is 1. The van der Waals surface area contributed by atoms with E-state index in [1.165, 1.54) is 12.1 Å². The van der Waals surface area contributed by atoms with Crippen LogP contribution in [0.5, 0.6) is 5.75 Å². The molecule has 0 saturated heterocycles. The van der Waals surface area contributed by atoms with Gasteiger partial charge in [-0.2, -0.15) is 0 Å². The van der Waals surface area contributed by atoms with Crippen LogP contribution in [0.1, 0.15) is 31.4 Å². The third kappa shape index (κ3) is 6.11. The lowest BCUT2D eigenvalue weighted by molar-refractivity contribution is -0.274. The molecule has 0 aromatic heterocycles. The highest BCUT2D eigenvalue weighted by Crippen LogP contribution is 2.41. The monoisotopic (exact) mass is 432 g/mol. The van der Waals surface area contributed by atoms with E-state index < -0.39 is 6.36 Å². The Morgan fingerprint density at radius 2 is 1.81 bits per heavy atom. The highest BCUT2D eigenvalue weighted by molar-refractivity contribution is 5.90. The molecule has 4 nitrogen and oxygen atoms in total. The smallest absolute Gasteiger partial charge is 0.494 e. The predicted octanol–water partition coefficient (Wildman–Crippen LogP) is 6.00. The molecule has 0 amide bonds. The molecule has 0 radical (unpaired) electrons. The van der Waals surface area contributed by atoms with Crippen molar-refractivity contribution in [1.29, 1.82) is 0 Å². The number of anilines is 2. The van der Waals surface area contributed by atoms with Crippen LogP contribution in [-0.4, -0.2) is 26.6 Å². The summed E-state index contributed by atoms with van der Waals surface area (Å²) in [5.74, 6) is 6.32. The highest BCUT2D eigenvalue weighted by Gasteiger charge is 2.31. The molecule has 0 aliphatic heterocycles. The van der Waals surface area contributed by atoms with Crippen molar-refractivity contribution >= 4 is 17.1 Å². The molecule has 0 atom stereocenters. The van der Waals surface area contributed by atoms with E-state index in [1.54, 1.807) is 18.2 Å². The summed E-state index contributed by atoms with van der Waals surface area (Å²) >= 11 is 0. The molecule has 0 aliphatic rings. The average Bonchev–Trinajstić information content (AvgIpc) is 2.68. The first-order chi connectivity index (χ1) is 14.6. The molecule has 2 N–H and O–H groups in total. The fourth-order valence-electron chi connectivity index (χ4n) is 3.32. The number of rotatable bonds is 7. The van der Waals surface area contributed by atoms with Gasteiger partial charge in [0.2, 0.25) is 0 Å². The van der Waals surface area contributed by atoms with E-state index in [2.05, 4.69) is 23.2 Å². The van der Waals surface area contributed by atoms with Gasteiger partial charge in [-0.1, -0.05) is 31.6 Å². The van der Waals surface area contributed by atoms with E-state index in [0.717, 1.165) is 23.2 Å². The second kappa shape index (κ2) is 10.2. The molecule has 7 heteroatoms. The molecule has 0 aliphatic carbocycles. The quantitative estimate of drug-likeness (QED) is 0.331. The van der Waals surface area contributed by atoms with Gasteiger partial charge in [0.1, 0.15) is 11.5 Å². The van der Waals surface area contributed by atoms with E-state index in [1.807, 2.05) is 32.7 Å². The van der Waals surface area contributed by atoms with Crippen molar-refractivity contribution in [3.63, 3.8) is 0 Å². The third-order valence-electron chi connectivity index (χ3n) is 4.58. The van der Waals surface area contributed by atoms with Gasteiger partial charge >= 0.3 is 6.36 Å². The molecule has 0 bridgehead atoms. The average molecular weight is 432 g/mol. The molecule has 2 rings (SSSR count). The normalized spacial score (nSPS) is 10.8. The van der Waals surface area contributed by atoms with Crippen molar-refractivity contribution in [3.8, 4) is 28.7 Å². The van der Waals surface area contributed by atoms with Gasteiger partial charge in [0.05, 0.1) is 24.4 Å². The summed E-state index contributed by atoms with van der Waals surface area (Å²) in [5, 5.41) is 0. The van der Waals surface area contributed by atoms with Crippen molar-refractivity contribution in [3.05, 3.63) is 48.0 Å². The SMILES string of the molecule is C=C(OCC)c1c(N)cc(-c2ccc(OC(F)(F)F)cc2)c(C)c1N(C)CC#CCC. The predicted molar refractivity (Wildman–Crippen MR) is 120 cm³/mol. The number of halogens is 3. The maximum absolute atomic E-state index is 12.5. The molecular formula is C24H27F3N2O2. The summed E-state index contributed by atoms with van der Waals surface area (Å²) in [5.41, 5.74) is 10.7. The first-order valence-electron chi connectivity index (χ1n) is 9.87. The molecule has 0 heterocycles. The Morgan fingerprint density at radius 3 is 2.35 bits per heavy atom. The van der Waals surface area contributed by atoms with Gasteiger partial charge in [-0.3, -0.25) is 0 Å². The van der Waals surface area contributed by atoms with Gasteiger partial charge < -0.3 is 20.1 Å². The maximum Gasteiger partial charge on any atom is 0.573 e. The lowest BCUT2D eigenvalue weighted by atomic mass is 9.93. The van der Waals surface area contributed by atoms with E-state index in [0.29, 0.717) is 35.7 Å². The number of ether oxygens (including phenoxy) is 2. The van der Waals surface area contributed by atoms with Crippen molar-refractivity contribution in [2.24, 2.45) is 0 Å². The fraction of sp³-hybridized carbons (Fsp3) is 0.333. The second-order valence-corrected chi connectivity index (χ2v) is 6.85. The molecule has 0 spiro atoms. The zero-order valence-corrected chi connectivity index (χ0v) is 18.2. The van der Waals surface area contributed by atoms with Crippen molar-refractivity contribution in [2.75, 3.05) is 30.8 Å². The Bertz CT molecular complexity index is 987. The number of nitrogen functional groups attached to an aromatic ring is 1. The maximum atomic E-state index is 12.5. The fourth-order valence-corrected chi connectivity index (χ4v) is 3.32. The largest absolute Gasteiger partial charge is 0.573 e. The van der Waals surface area contributed by atoms with Crippen molar-refractivity contribution in [2.45, 2.75) is 33.6 Å². The number of benzene rings is 2. The number of alkyl halides is 3. The number of nitrogens with two attached hydrogens (primary N) is 1. The number of hydrogen-bond donors (Lipinski definition) is 1. The molecule has 2 aromatic carbocycles. The van der Waals surface area contributed by atoms with E-state index in [4.69, 9.17) is 10.5 Å². The van der Waals surface area contributed by atoms with Crippen LogP contribution in [0, 0.1) is 18.8 Å². The molecule has 31 heavy (non-hydrogen) atoms. The first-order valence-corrected chi connectivity index (χ1v) is 9.87. The summed E-state index contributed by atoms with van der Waals surface area (Å²) in [7, 11) is 1.90. The Labute approximate surface area is 181 Å². The lowest BCUT2D eigenvalue weighted by Crippen LogP contribution is -2.21. The zero-order valence-electron chi connectivity index (χ0n) is 18.2. The minimum absolute atomic E-state index is 0.282. The Kier molecular flexibility index (Phi) is 7.87. The standard InChI is InChI=1S/C24H27F3N2O2/c1-6-8-9-14-29(5)23-16(3)20(15-21(28)22(23)17(4)30-7-2)18-10-12-19(13-11-18)31-24(25,26)27/h10-13,15H,4,6-7,14,28H2,1-3,5H3. The van der Waals surface area contributed by atoms with Crippen LogP contribution in [0.2, 0.25) is 0 Å². The summed E-state index contributed by atoms with van der Waals surface area (Å²) in [6.45, 7) is 10.7. The summed E-state index contributed by atoms with van der Waals surface area (Å²) in [4.78, 5) is 1.97. The first kappa shape index (κ1) is 24.0. The van der Waals surface area contributed by atoms with Crippen molar-refractivity contribution < 1.29 is 22.6 Å². The Balaban J connectivity index is 2.58. The summed E-state index contributed by atoms with van der Waals surface area (Å²) in [6.07, 6.45) is -3.99. The zero-order chi connectivity index (χ0) is 23.2. The summed E-state index contributed by atoms with van der Waals surface area (Å²) < 4.78 is 47.0. The van der Waals surface area contributed by atoms with Gasteiger partial charge in [0, 0.05) is 19.2 Å². The van der Waals surface area contributed by atoms with Gasteiger partial charge in [-0.05, 0) is 48.7 Å². The minimum Gasteiger partial charge on any atom is -0.494 e. The highest BCUT2D eigenvalue weighted by atomic mass is 19.4. The minimum atomic E-state index is -4.74. The molecule has 0 unspecified atom stereocenters. The Hall–Kier alpha value is -3.27. The molecule has 0 saturated carbocycles. The van der Waals surface area contributed by atoms with Crippen LogP contribution < -0.4 is 15.4 Å². The van der Waals surface area contributed by atoms with Gasteiger partial charge in [-0.25, -0.2) is 0 Å². The third-order valence-corrected chi connectivity index (χ3v) is 4.58. The van der Waals surface area contributed by atoms with Crippen LogP contribution in [0.15, 0.2) is 36.9 Å². The molecular weight excluding hydrogens is 405 g/mol. The topological polar surface area (TPSA) is 47.7 Å². The second-order valence-electron chi connectivity index (χ2n) is 6.85. The van der Waals surface area contributed by atoms with Crippen LogP contribution in [0.3, 0.4) is 0 Å². The van der Waals surface area contributed by atoms with Crippen LogP contribution >= 0.6 is 0 Å². The van der Waals surface area contributed by atoms with Crippen LogP contribution in [-0.2, 0) is 4.74 Å².